The third-order valence-corrected chi connectivity index (χ3v) is 26.7. The van der Waals surface area contributed by atoms with Crippen molar-refractivity contribution in [2.24, 2.45) is 29.1 Å². The molecule has 4 aliphatic heterocycles. The van der Waals surface area contributed by atoms with Gasteiger partial charge in [0.2, 0.25) is 23.6 Å². The van der Waals surface area contributed by atoms with Crippen molar-refractivity contribution in [2.75, 3.05) is 26.2 Å². The summed E-state index contributed by atoms with van der Waals surface area (Å²) in [5.41, 5.74) is -8.72. The SMILES string of the molecule is CC(=O)OC(C1CCCCC12CC(=O)NCC1(CCCCC1)N2)C(C(OC(C)=O)C1CCCCC12CC(=O)NCC1(CCCCC1)N2)(C(OC(C)=O)C1CCCCC12CC(=O)NCC1(CCCCC1)N2)C(OC(C)=O)C1CCCCC12CC(=O)NCC1(CCCCC1)N2. The Morgan fingerprint density at radius 1 is 0.312 bits per heavy atom. The Hall–Kier alpha value is -4.40. The summed E-state index contributed by atoms with van der Waals surface area (Å²) in [4.78, 5) is 123. The summed E-state index contributed by atoms with van der Waals surface area (Å²) in [5.74, 6) is -6.34. The minimum absolute atomic E-state index is 0.0226. The molecule has 4 amide bonds. The molecule has 8 saturated carbocycles. The predicted octanol–water partition coefficient (Wildman–Crippen LogP) is 8.67. The Balaban J connectivity index is 1.24. The molecular formula is C73H116N8O12. The zero-order valence-electron chi connectivity index (χ0n) is 57.1. The van der Waals surface area contributed by atoms with Crippen LogP contribution in [0, 0.1) is 29.1 Å². The van der Waals surface area contributed by atoms with Crippen LogP contribution in [0.2, 0.25) is 0 Å². The number of carbonyl (C=O) groups is 8. The van der Waals surface area contributed by atoms with E-state index in [1.54, 1.807) is 0 Å². The van der Waals surface area contributed by atoms with Crippen molar-refractivity contribution in [2.45, 2.75) is 353 Å². The highest BCUT2D eigenvalue weighted by atomic mass is 16.6. The van der Waals surface area contributed by atoms with Gasteiger partial charge in [-0.15, -0.1) is 0 Å². The van der Waals surface area contributed by atoms with Gasteiger partial charge in [-0.1, -0.05) is 128 Å². The lowest BCUT2D eigenvalue weighted by atomic mass is 9.47. The smallest absolute Gasteiger partial charge is 0.302 e. The van der Waals surface area contributed by atoms with E-state index >= 15 is 38.4 Å². The molecule has 12 aliphatic rings. The number of amides is 4. The van der Waals surface area contributed by atoms with Crippen molar-refractivity contribution in [3.8, 4) is 0 Å². The fraction of sp³-hybridized carbons (Fsp3) is 0.890. The van der Waals surface area contributed by atoms with Gasteiger partial charge < -0.3 is 61.5 Å². The van der Waals surface area contributed by atoms with Crippen molar-refractivity contribution in [3.63, 3.8) is 0 Å². The summed E-state index contributed by atoms with van der Waals surface area (Å²) in [6.45, 7) is 7.29. The number of ether oxygens (including phenoxy) is 4. The summed E-state index contributed by atoms with van der Waals surface area (Å²) in [6, 6.07) is 0. The monoisotopic (exact) mass is 1300 g/mol. The van der Waals surface area contributed by atoms with Crippen LogP contribution >= 0.6 is 0 Å². The van der Waals surface area contributed by atoms with Crippen molar-refractivity contribution < 1.29 is 57.3 Å². The third kappa shape index (κ3) is 13.8. The molecule has 8 aliphatic carbocycles. The molecule has 4 saturated heterocycles. The van der Waals surface area contributed by atoms with Gasteiger partial charge in [0.1, 0.15) is 29.8 Å². The third-order valence-electron chi connectivity index (χ3n) is 26.7. The van der Waals surface area contributed by atoms with Gasteiger partial charge in [-0.2, -0.15) is 0 Å². The topological polar surface area (TPSA) is 270 Å². The quantitative estimate of drug-likeness (QED) is 0.0671. The summed E-state index contributed by atoms with van der Waals surface area (Å²) in [7, 11) is 0. The number of rotatable bonds is 12. The van der Waals surface area contributed by atoms with Gasteiger partial charge in [-0.05, 0) is 103 Å². The highest BCUT2D eigenvalue weighted by Gasteiger charge is 2.76. The molecule has 20 heteroatoms. The molecule has 12 rings (SSSR count). The largest absolute Gasteiger partial charge is 0.461 e. The summed E-state index contributed by atoms with van der Waals surface area (Å²) >= 11 is 0. The van der Waals surface area contributed by atoms with Crippen molar-refractivity contribution >= 4 is 47.5 Å². The number of carbonyl (C=O) groups excluding carboxylic acids is 8. The second kappa shape index (κ2) is 27.8. The Morgan fingerprint density at radius 2 is 0.505 bits per heavy atom. The van der Waals surface area contributed by atoms with E-state index in [-0.39, 0.29) is 49.3 Å². The molecule has 0 aromatic heterocycles. The number of hydrogen-bond donors (Lipinski definition) is 8. The number of esters is 4. The van der Waals surface area contributed by atoms with Crippen molar-refractivity contribution in [1.82, 2.24) is 42.5 Å². The van der Waals surface area contributed by atoms with Gasteiger partial charge in [0, 0.05) is 148 Å². The first-order valence-corrected chi connectivity index (χ1v) is 37.6. The molecule has 8 N–H and O–H groups in total. The van der Waals surface area contributed by atoms with E-state index in [1.165, 1.54) is 27.7 Å². The molecule has 12 atom stereocenters. The Morgan fingerprint density at radius 3 is 0.699 bits per heavy atom. The van der Waals surface area contributed by atoms with E-state index in [1.807, 2.05) is 0 Å². The lowest BCUT2D eigenvalue weighted by Crippen LogP contribution is -2.79. The first-order valence-electron chi connectivity index (χ1n) is 37.6. The fourth-order valence-corrected chi connectivity index (χ4v) is 23.2. The zero-order valence-corrected chi connectivity index (χ0v) is 57.1. The van der Waals surface area contributed by atoms with Crippen LogP contribution in [-0.2, 0) is 57.3 Å². The molecule has 520 valence electrons. The molecule has 12 fully saturated rings. The van der Waals surface area contributed by atoms with E-state index < -0.39 is 122 Å². The second-order valence-electron chi connectivity index (χ2n) is 32.8. The predicted molar refractivity (Wildman–Crippen MR) is 350 cm³/mol. The molecule has 0 aromatic carbocycles. The maximum absolute atomic E-state index is 15.6. The normalized spacial score (nSPS) is 36.4. The summed E-state index contributed by atoms with van der Waals surface area (Å²) in [6.07, 6.45) is 21.7. The van der Waals surface area contributed by atoms with Crippen LogP contribution in [0.3, 0.4) is 0 Å². The van der Waals surface area contributed by atoms with Crippen LogP contribution in [0.15, 0.2) is 0 Å². The van der Waals surface area contributed by atoms with Gasteiger partial charge in [0.05, 0.1) is 0 Å². The van der Waals surface area contributed by atoms with Crippen LogP contribution in [0.25, 0.3) is 0 Å². The van der Waals surface area contributed by atoms with Crippen LogP contribution in [-0.4, -0.2) is 142 Å². The lowest BCUT2D eigenvalue weighted by Gasteiger charge is -2.65. The average Bonchev–Trinajstić information content (AvgIpc) is 1.39. The van der Waals surface area contributed by atoms with Crippen LogP contribution in [0.1, 0.15) is 285 Å². The molecule has 8 spiro atoms. The molecule has 0 radical (unpaired) electrons. The molecule has 4 heterocycles. The molecular weight excluding hydrogens is 1180 g/mol. The zero-order chi connectivity index (χ0) is 65.3. The lowest BCUT2D eigenvalue weighted by molar-refractivity contribution is -0.283. The van der Waals surface area contributed by atoms with Crippen molar-refractivity contribution in [3.05, 3.63) is 0 Å². The first-order chi connectivity index (χ1) is 44.6. The summed E-state index contributed by atoms with van der Waals surface area (Å²) < 4.78 is 30.8. The molecule has 0 bridgehead atoms. The van der Waals surface area contributed by atoms with E-state index in [4.69, 9.17) is 18.9 Å². The number of hydrogen-bond acceptors (Lipinski definition) is 16. The molecule has 93 heavy (non-hydrogen) atoms. The van der Waals surface area contributed by atoms with E-state index in [9.17, 15) is 0 Å². The van der Waals surface area contributed by atoms with Crippen molar-refractivity contribution in [1.29, 1.82) is 0 Å². The van der Waals surface area contributed by atoms with Crippen LogP contribution < -0.4 is 42.5 Å². The molecule has 12 unspecified atom stereocenters. The molecule has 0 aromatic rings. The van der Waals surface area contributed by atoms with Gasteiger partial charge in [-0.3, -0.25) is 38.4 Å². The van der Waals surface area contributed by atoms with E-state index in [0.29, 0.717) is 103 Å². The highest BCUT2D eigenvalue weighted by Crippen LogP contribution is 2.63. The summed E-state index contributed by atoms with van der Waals surface area (Å²) in [5, 5.41) is 31.0. The minimum Gasteiger partial charge on any atom is -0.461 e. The fourth-order valence-electron chi connectivity index (χ4n) is 23.2. The Labute approximate surface area is 553 Å². The van der Waals surface area contributed by atoms with Crippen LogP contribution in [0.5, 0.6) is 0 Å². The number of nitrogens with one attached hydrogen (secondary N) is 8. The van der Waals surface area contributed by atoms with E-state index in [2.05, 4.69) is 42.5 Å². The minimum atomic E-state index is -2.15. The first kappa shape index (κ1) is 68.5. The van der Waals surface area contributed by atoms with Crippen LogP contribution in [0.4, 0.5) is 0 Å². The van der Waals surface area contributed by atoms with Gasteiger partial charge >= 0.3 is 23.9 Å². The maximum atomic E-state index is 15.6. The van der Waals surface area contributed by atoms with Gasteiger partial charge in [0.25, 0.3) is 0 Å². The molecule has 20 nitrogen and oxygen atoms in total. The Kier molecular flexibility index (Phi) is 20.5. The Bertz CT molecular complexity index is 2390. The van der Waals surface area contributed by atoms with Gasteiger partial charge in [-0.25, -0.2) is 0 Å². The maximum Gasteiger partial charge on any atom is 0.302 e. The van der Waals surface area contributed by atoms with Gasteiger partial charge in [0.15, 0.2) is 0 Å². The average molecular weight is 1300 g/mol. The standard InChI is InChI=1S/C73H116N8O12/c1-49(82)90-61(53-25-9-21-37-69(53)41-57(86)74-45-65(78-69)29-13-5-14-30-65)73(62(91-50(2)83)54-26-10-22-38-70(54)42-58(87)75-46-66(79-70)31-15-6-16-32-66,63(92-51(3)84)55-27-11-23-39-71(55)43-59(88)76-47-67(80-71)33-17-7-18-34-67)64(93-52(4)85)56-28-12-24-40-72(56)44-60(89)77-48-68(81-72)35-19-8-20-36-68/h53-56,61-64,78-81H,5-48H2,1-4H3,(H,74,86)(H,75,87)(H,76,88)(H,77,89). The van der Waals surface area contributed by atoms with E-state index in [0.717, 1.165) is 154 Å². The second-order valence-corrected chi connectivity index (χ2v) is 32.8. The highest BCUT2D eigenvalue weighted by molar-refractivity contribution is 5.80.